The predicted molar refractivity (Wildman–Crippen MR) is 69.5 cm³/mol. The lowest BCUT2D eigenvalue weighted by molar-refractivity contribution is 0.211. The number of rotatable bonds is 5. The van der Waals surface area contributed by atoms with Gasteiger partial charge in [-0.05, 0) is 47.8 Å². The van der Waals surface area contributed by atoms with Crippen LogP contribution in [-0.2, 0) is 6.42 Å². The second-order valence-corrected chi connectivity index (χ2v) is 5.57. The van der Waals surface area contributed by atoms with Gasteiger partial charge in [0, 0.05) is 6.61 Å². The maximum Gasteiger partial charge on any atom is 0.122 e. The highest BCUT2D eigenvalue weighted by molar-refractivity contribution is 5.40. The van der Waals surface area contributed by atoms with E-state index in [-0.39, 0.29) is 5.41 Å². The molecule has 17 heavy (non-hydrogen) atoms. The smallest absolute Gasteiger partial charge is 0.122 e. The van der Waals surface area contributed by atoms with Gasteiger partial charge in [0.15, 0.2) is 0 Å². The van der Waals surface area contributed by atoms with Crippen LogP contribution in [0.2, 0.25) is 0 Å². The second-order valence-electron chi connectivity index (χ2n) is 5.57. The van der Waals surface area contributed by atoms with E-state index in [9.17, 15) is 5.11 Å². The average molecular weight is 234 g/mol. The van der Waals surface area contributed by atoms with Crippen molar-refractivity contribution in [1.29, 1.82) is 0 Å². The van der Waals surface area contributed by atoms with Gasteiger partial charge >= 0.3 is 0 Å². The summed E-state index contributed by atoms with van der Waals surface area (Å²) in [6.45, 7) is 4.68. The zero-order chi connectivity index (χ0) is 12.5. The first kappa shape index (κ1) is 12.4. The first-order valence-electron chi connectivity index (χ1n) is 6.38. The molecular formula is C15H22O2. The van der Waals surface area contributed by atoms with Crippen molar-refractivity contribution in [2.75, 3.05) is 13.7 Å². The fourth-order valence-corrected chi connectivity index (χ4v) is 2.35. The van der Waals surface area contributed by atoms with Crippen LogP contribution in [-0.4, -0.2) is 18.8 Å². The Bertz CT molecular complexity index is 392. The summed E-state index contributed by atoms with van der Waals surface area (Å²) in [4.78, 5) is 0. The van der Waals surface area contributed by atoms with E-state index in [0.717, 1.165) is 25.0 Å². The van der Waals surface area contributed by atoms with Gasteiger partial charge in [-0.15, -0.1) is 0 Å². The molecule has 0 aromatic heterocycles. The number of hydrogen-bond donors (Lipinski definition) is 1. The predicted octanol–water partition coefficient (Wildman–Crippen LogP) is 3.13. The molecule has 1 saturated carbocycles. The van der Waals surface area contributed by atoms with Crippen LogP contribution in [0.1, 0.15) is 43.7 Å². The molecule has 1 aromatic rings. The molecule has 2 rings (SSSR count). The monoisotopic (exact) mass is 234 g/mol. The standard InChI is InChI=1S/C15H22O2/c1-11(2)13-8-12(4-5-14(13)17-3)9-15(10-16)6-7-15/h4-5,8,11,16H,6-7,9-10H2,1-3H3. The van der Waals surface area contributed by atoms with Crippen LogP contribution in [0.5, 0.6) is 5.75 Å². The molecule has 0 heterocycles. The Labute approximate surface area is 104 Å². The van der Waals surface area contributed by atoms with Crippen molar-refractivity contribution in [3.05, 3.63) is 29.3 Å². The van der Waals surface area contributed by atoms with Crippen molar-refractivity contribution >= 4 is 0 Å². The first-order valence-corrected chi connectivity index (χ1v) is 6.38. The molecule has 1 aliphatic rings. The number of hydrogen-bond acceptors (Lipinski definition) is 2. The molecule has 0 unspecified atom stereocenters. The topological polar surface area (TPSA) is 29.5 Å². The van der Waals surface area contributed by atoms with Gasteiger partial charge in [0.25, 0.3) is 0 Å². The van der Waals surface area contributed by atoms with Gasteiger partial charge in [-0.3, -0.25) is 0 Å². The quantitative estimate of drug-likeness (QED) is 0.848. The Hall–Kier alpha value is -1.02. The summed E-state index contributed by atoms with van der Waals surface area (Å²) in [5, 5.41) is 9.37. The lowest BCUT2D eigenvalue weighted by Crippen LogP contribution is -2.10. The molecule has 2 heteroatoms. The third-order valence-electron chi connectivity index (χ3n) is 3.79. The fourth-order valence-electron chi connectivity index (χ4n) is 2.35. The van der Waals surface area contributed by atoms with Crippen LogP contribution in [0.3, 0.4) is 0 Å². The Morgan fingerprint density at radius 2 is 2.06 bits per heavy atom. The van der Waals surface area contributed by atoms with Gasteiger partial charge in [-0.2, -0.15) is 0 Å². The minimum Gasteiger partial charge on any atom is -0.496 e. The summed E-state index contributed by atoms with van der Waals surface area (Å²) in [6.07, 6.45) is 3.31. The second kappa shape index (κ2) is 4.69. The molecule has 0 aliphatic heterocycles. The summed E-state index contributed by atoms with van der Waals surface area (Å²) < 4.78 is 5.38. The van der Waals surface area contributed by atoms with Crippen molar-refractivity contribution < 1.29 is 9.84 Å². The molecule has 2 nitrogen and oxygen atoms in total. The molecular weight excluding hydrogens is 212 g/mol. The summed E-state index contributed by atoms with van der Waals surface area (Å²) in [5.74, 6) is 1.44. The van der Waals surface area contributed by atoms with E-state index in [0.29, 0.717) is 12.5 Å². The van der Waals surface area contributed by atoms with Crippen molar-refractivity contribution in [2.24, 2.45) is 5.41 Å². The van der Waals surface area contributed by atoms with E-state index in [1.165, 1.54) is 11.1 Å². The molecule has 0 saturated heterocycles. The van der Waals surface area contributed by atoms with Crippen LogP contribution in [0, 0.1) is 5.41 Å². The number of methoxy groups -OCH3 is 1. The van der Waals surface area contributed by atoms with Crippen LogP contribution < -0.4 is 4.74 Å². The van der Waals surface area contributed by atoms with Crippen LogP contribution in [0.15, 0.2) is 18.2 Å². The first-order chi connectivity index (χ1) is 8.10. The number of benzene rings is 1. The molecule has 1 aliphatic carbocycles. The molecule has 0 spiro atoms. The van der Waals surface area contributed by atoms with Crippen molar-refractivity contribution in [3.8, 4) is 5.75 Å². The minimum atomic E-state index is 0.183. The zero-order valence-corrected chi connectivity index (χ0v) is 11.0. The third kappa shape index (κ3) is 2.63. The number of ether oxygens (including phenoxy) is 1. The minimum absolute atomic E-state index is 0.183. The van der Waals surface area contributed by atoms with Crippen LogP contribution in [0.4, 0.5) is 0 Å². The summed E-state index contributed by atoms with van der Waals surface area (Å²) in [5.41, 5.74) is 2.77. The maximum atomic E-state index is 9.37. The Morgan fingerprint density at radius 1 is 1.35 bits per heavy atom. The Morgan fingerprint density at radius 3 is 2.53 bits per heavy atom. The summed E-state index contributed by atoms with van der Waals surface area (Å²) in [7, 11) is 1.72. The molecule has 94 valence electrons. The van der Waals surface area contributed by atoms with E-state index < -0.39 is 0 Å². The highest BCUT2D eigenvalue weighted by Gasteiger charge is 2.41. The fraction of sp³-hybridized carbons (Fsp3) is 0.600. The Balaban J connectivity index is 2.21. The van der Waals surface area contributed by atoms with Crippen molar-refractivity contribution in [3.63, 3.8) is 0 Å². The van der Waals surface area contributed by atoms with Crippen LogP contribution in [0.25, 0.3) is 0 Å². The van der Waals surface area contributed by atoms with Gasteiger partial charge in [0.1, 0.15) is 5.75 Å². The highest BCUT2D eigenvalue weighted by Crippen LogP contribution is 2.48. The highest BCUT2D eigenvalue weighted by atomic mass is 16.5. The molecule has 1 aromatic carbocycles. The van der Waals surface area contributed by atoms with Gasteiger partial charge < -0.3 is 9.84 Å². The molecule has 1 N–H and O–H groups in total. The summed E-state index contributed by atoms with van der Waals surface area (Å²) in [6, 6.07) is 6.41. The van der Waals surface area contributed by atoms with E-state index in [4.69, 9.17) is 4.74 Å². The SMILES string of the molecule is COc1ccc(CC2(CO)CC2)cc1C(C)C. The van der Waals surface area contributed by atoms with E-state index >= 15 is 0 Å². The molecule has 0 atom stereocenters. The van der Waals surface area contributed by atoms with Crippen molar-refractivity contribution in [1.82, 2.24) is 0 Å². The number of aliphatic hydroxyl groups is 1. The van der Waals surface area contributed by atoms with Gasteiger partial charge in [-0.1, -0.05) is 26.0 Å². The lowest BCUT2D eigenvalue weighted by atomic mass is 9.93. The van der Waals surface area contributed by atoms with Crippen molar-refractivity contribution in [2.45, 2.75) is 39.0 Å². The van der Waals surface area contributed by atoms with E-state index in [1.807, 2.05) is 0 Å². The van der Waals surface area contributed by atoms with E-state index in [2.05, 4.69) is 32.0 Å². The van der Waals surface area contributed by atoms with Gasteiger partial charge in [0.2, 0.25) is 0 Å². The molecule has 1 fully saturated rings. The molecule has 0 bridgehead atoms. The average Bonchev–Trinajstić information content (AvgIpc) is 3.09. The van der Waals surface area contributed by atoms with Crippen LogP contribution >= 0.6 is 0 Å². The zero-order valence-electron chi connectivity index (χ0n) is 11.0. The Kier molecular flexibility index (Phi) is 3.43. The lowest BCUT2D eigenvalue weighted by Gasteiger charge is -2.16. The molecule has 0 radical (unpaired) electrons. The summed E-state index contributed by atoms with van der Waals surface area (Å²) >= 11 is 0. The largest absolute Gasteiger partial charge is 0.496 e. The van der Waals surface area contributed by atoms with Gasteiger partial charge in [-0.25, -0.2) is 0 Å². The third-order valence-corrected chi connectivity index (χ3v) is 3.79. The van der Waals surface area contributed by atoms with Gasteiger partial charge in [0.05, 0.1) is 7.11 Å². The maximum absolute atomic E-state index is 9.37. The molecule has 0 amide bonds. The number of aliphatic hydroxyl groups excluding tert-OH is 1. The normalized spacial score (nSPS) is 17.2. The van der Waals surface area contributed by atoms with E-state index in [1.54, 1.807) is 7.11 Å².